The predicted molar refractivity (Wildman–Crippen MR) is 68.8 cm³/mol. The number of fused-ring (bicyclic) bond motifs is 1. The fourth-order valence-corrected chi connectivity index (χ4v) is 2.67. The number of hydrogen-bond donors (Lipinski definition) is 1. The van der Waals surface area contributed by atoms with Crippen molar-refractivity contribution < 1.29 is 9.18 Å². The lowest BCUT2D eigenvalue weighted by atomic mass is 10.1. The Morgan fingerprint density at radius 1 is 1.39 bits per heavy atom. The molecule has 2 aliphatic heterocycles. The molecule has 4 nitrogen and oxygen atoms in total. The van der Waals surface area contributed by atoms with Crippen molar-refractivity contribution in [1.29, 1.82) is 0 Å². The van der Waals surface area contributed by atoms with E-state index in [2.05, 4.69) is 10.5 Å². The summed E-state index contributed by atoms with van der Waals surface area (Å²) in [5.41, 5.74) is 4.35. The Morgan fingerprint density at radius 3 is 2.83 bits per heavy atom. The lowest BCUT2D eigenvalue weighted by Gasteiger charge is -2.19. The first-order valence-corrected chi connectivity index (χ1v) is 6.34. The molecular weight excluding hydrogens is 253 g/mol. The molecule has 0 saturated carbocycles. The fraction of sp³-hybridized carbons (Fsp3) is 0.167. The summed E-state index contributed by atoms with van der Waals surface area (Å²) in [4.78, 5) is 13.4. The molecule has 1 fully saturated rings. The minimum absolute atomic E-state index is 0.0138. The van der Waals surface area contributed by atoms with Crippen LogP contribution in [0.4, 0.5) is 4.39 Å². The van der Waals surface area contributed by atoms with E-state index in [1.807, 2.05) is 6.92 Å². The molecule has 0 aliphatic carbocycles. The molecule has 0 aromatic heterocycles. The summed E-state index contributed by atoms with van der Waals surface area (Å²) >= 11 is 1.42. The molecule has 3 rings (SSSR count). The maximum absolute atomic E-state index is 12.8. The highest BCUT2D eigenvalue weighted by Crippen LogP contribution is 2.30. The molecule has 1 atom stereocenters. The smallest absolute Gasteiger partial charge is 0.246 e. The van der Waals surface area contributed by atoms with Gasteiger partial charge in [-0.2, -0.15) is 0 Å². The van der Waals surface area contributed by atoms with Gasteiger partial charge in [-0.25, -0.2) is 4.39 Å². The topological polar surface area (TPSA) is 44.7 Å². The Labute approximate surface area is 108 Å². The normalized spacial score (nSPS) is 22.2. The summed E-state index contributed by atoms with van der Waals surface area (Å²) in [7, 11) is 0. The van der Waals surface area contributed by atoms with Crippen molar-refractivity contribution in [1.82, 2.24) is 10.3 Å². The van der Waals surface area contributed by atoms with E-state index in [0.29, 0.717) is 10.9 Å². The van der Waals surface area contributed by atoms with Crippen LogP contribution in [0.5, 0.6) is 0 Å². The van der Waals surface area contributed by atoms with Gasteiger partial charge >= 0.3 is 0 Å². The van der Waals surface area contributed by atoms with Gasteiger partial charge in [0.15, 0.2) is 5.17 Å². The summed E-state index contributed by atoms with van der Waals surface area (Å²) < 4.78 is 12.8. The second-order valence-corrected chi connectivity index (χ2v) is 5.33. The average molecular weight is 263 g/mol. The van der Waals surface area contributed by atoms with Crippen LogP contribution >= 0.6 is 11.8 Å². The van der Waals surface area contributed by atoms with Gasteiger partial charge in [-0.05, 0) is 31.2 Å². The maximum Gasteiger partial charge on any atom is 0.246 e. The number of benzene rings is 1. The number of halogens is 1. The average Bonchev–Trinajstić information content (AvgIpc) is 2.66. The van der Waals surface area contributed by atoms with Crippen molar-refractivity contribution in [2.45, 2.75) is 12.2 Å². The van der Waals surface area contributed by atoms with Gasteiger partial charge in [0, 0.05) is 11.8 Å². The highest BCUT2D eigenvalue weighted by atomic mass is 32.2. The van der Waals surface area contributed by atoms with Gasteiger partial charge in [0.25, 0.3) is 0 Å². The van der Waals surface area contributed by atoms with Gasteiger partial charge in [-0.3, -0.25) is 15.1 Å². The van der Waals surface area contributed by atoms with Crippen LogP contribution in [0.15, 0.2) is 35.6 Å². The fourth-order valence-electron chi connectivity index (χ4n) is 1.79. The maximum atomic E-state index is 12.8. The van der Waals surface area contributed by atoms with E-state index in [1.165, 1.54) is 28.8 Å². The highest BCUT2D eigenvalue weighted by Gasteiger charge is 2.36. The number of rotatable bonds is 1. The number of nitrogens with zero attached hydrogens (tertiary/aromatic N) is 2. The number of hydrogen-bond acceptors (Lipinski definition) is 4. The molecule has 0 radical (unpaired) electrons. The SMILES string of the molecule is C[C@H]1SC2=NNC(c3ccc(F)cc3)=CN2C1=O. The quantitative estimate of drug-likeness (QED) is 0.842. The monoisotopic (exact) mass is 263 g/mol. The van der Waals surface area contributed by atoms with Gasteiger partial charge in [0.2, 0.25) is 5.91 Å². The first kappa shape index (κ1) is 11.3. The Balaban J connectivity index is 1.93. The Kier molecular flexibility index (Phi) is 2.59. The molecule has 0 unspecified atom stereocenters. The number of carbonyl (C=O) groups is 1. The van der Waals surface area contributed by atoms with Crippen molar-refractivity contribution in [3.8, 4) is 0 Å². The third-order valence-corrected chi connectivity index (χ3v) is 3.81. The molecule has 18 heavy (non-hydrogen) atoms. The summed E-state index contributed by atoms with van der Waals surface area (Å²) in [6.07, 6.45) is 1.70. The lowest BCUT2D eigenvalue weighted by Crippen LogP contribution is -2.31. The van der Waals surface area contributed by atoms with E-state index < -0.39 is 0 Å². The van der Waals surface area contributed by atoms with E-state index in [9.17, 15) is 9.18 Å². The number of amides is 1. The highest BCUT2D eigenvalue weighted by molar-refractivity contribution is 8.15. The molecule has 2 heterocycles. The Morgan fingerprint density at radius 2 is 2.11 bits per heavy atom. The molecule has 1 aromatic rings. The van der Waals surface area contributed by atoms with Crippen LogP contribution in [0.1, 0.15) is 12.5 Å². The first-order valence-electron chi connectivity index (χ1n) is 5.46. The Hall–Kier alpha value is -1.82. The predicted octanol–water partition coefficient (Wildman–Crippen LogP) is 1.96. The number of carbonyl (C=O) groups excluding carboxylic acids is 1. The third kappa shape index (κ3) is 1.78. The number of thioether (sulfide) groups is 1. The van der Waals surface area contributed by atoms with Crippen LogP contribution in [0.25, 0.3) is 5.70 Å². The zero-order valence-corrected chi connectivity index (χ0v) is 10.4. The molecule has 1 aromatic carbocycles. The number of nitrogens with one attached hydrogen (secondary N) is 1. The molecule has 92 valence electrons. The van der Waals surface area contributed by atoms with E-state index in [0.717, 1.165) is 5.56 Å². The van der Waals surface area contributed by atoms with Crippen molar-refractivity contribution in [2.24, 2.45) is 5.10 Å². The number of amidine groups is 1. The second-order valence-electron chi connectivity index (χ2n) is 4.02. The molecule has 1 saturated heterocycles. The van der Waals surface area contributed by atoms with Crippen LogP contribution in [0.3, 0.4) is 0 Å². The third-order valence-electron chi connectivity index (χ3n) is 2.76. The Bertz CT molecular complexity index is 567. The van der Waals surface area contributed by atoms with Crippen molar-refractivity contribution >= 4 is 28.5 Å². The number of hydrazone groups is 1. The first-order chi connectivity index (χ1) is 8.65. The van der Waals surface area contributed by atoms with E-state index in [1.54, 1.807) is 18.3 Å². The molecule has 2 aliphatic rings. The van der Waals surface area contributed by atoms with Crippen molar-refractivity contribution in [3.05, 3.63) is 41.8 Å². The van der Waals surface area contributed by atoms with Crippen LogP contribution in [0.2, 0.25) is 0 Å². The zero-order valence-electron chi connectivity index (χ0n) is 9.55. The zero-order chi connectivity index (χ0) is 12.7. The van der Waals surface area contributed by atoms with Gasteiger partial charge in [-0.15, -0.1) is 5.10 Å². The molecule has 1 N–H and O–H groups in total. The minimum Gasteiger partial charge on any atom is -0.274 e. The minimum atomic E-state index is -0.291. The van der Waals surface area contributed by atoms with Crippen LogP contribution in [-0.2, 0) is 4.79 Å². The van der Waals surface area contributed by atoms with Crippen LogP contribution in [-0.4, -0.2) is 21.2 Å². The van der Waals surface area contributed by atoms with Gasteiger partial charge < -0.3 is 0 Å². The van der Waals surface area contributed by atoms with E-state index >= 15 is 0 Å². The van der Waals surface area contributed by atoms with Crippen molar-refractivity contribution in [3.63, 3.8) is 0 Å². The summed E-state index contributed by atoms with van der Waals surface area (Å²) in [5, 5.41) is 4.68. The summed E-state index contributed by atoms with van der Waals surface area (Å²) in [5.74, 6) is -0.277. The van der Waals surface area contributed by atoms with E-state index in [-0.39, 0.29) is 17.0 Å². The molecule has 6 heteroatoms. The molecular formula is C12H10FN3OS. The summed E-state index contributed by atoms with van der Waals surface area (Å²) in [6.45, 7) is 1.85. The second kappa shape index (κ2) is 4.13. The van der Waals surface area contributed by atoms with Gasteiger partial charge in [0.1, 0.15) is 5.82 Å². The summed E-state index contributed by atoms with van der Waals surface area (Å²) in [6, 6.07) is 6.04. The van der Waals surface area contributed by atoms with E-state index in [4.69, 9.17) is 0 Å². The van der Waals surface area contributed by atoms with Crippen molar-refractivity contribution in [2.75, 3.05) is 0 Å². The molecule has 1 amide bonds. The van der Waals surface area contributed by atoms with Crippen LogP contribution in [0, 0.1) is 5.82 Å². The molecule has 0 bridgehead atoms. The standard InChI is InChI=1S/C12H10FN3OS/c1-7-11(17)16-6-10(14-15-12(16)18-7)8-2-4-9(13)5-3-8/h2-7,14H,1H3/t7-/m1/s1. The van der Waals surface area contributed by atoms with Gasteiger partial charge in [-0.1, -0.05) is 11.8 Å². The van der Waals surface area contributed by atoms with Crippen LogP contribution < -0.4 is 5.43 Å². The van der Waals surface area contributed by atoms with Gasteiger partial charge in [0.05, 0.1) is 10.9 Å². The lowest BCUT2D eigenvalue weighted by molar-refractivity contribution is -0.124. The molecule has 0 spiro atoms. The largest absolute Gasteiger partial charge is 0.274 e.